The number of aromatic nitrogens is 2. The predicted octanol–water partition coefficient (Wildman–Crippen LogP) is 1.23. The number of non-ortho nitro benzene ring substituents is 1. The van der Waals surface area contributed by atoms with Crippen molar-refractivity contribution in [2.75, 3.05) is 38.0 Å². The number of carbonyl (C=O) groups is 2. The highest BCUT2D eigenvalue weighted by molar-refractivity contribution is 5.92. The highest BCUT2D eigenvalue weighted by Gasteiger charge is 2.23. The largest absolute Gasteiger partial charge is 0.339 e. The SMILES string of the molecule is O=C(CN1CCN(C(=O)Cn2cnc3cc([N+](=O)[O-])ccc3c2=O)CC1)Nc1ccc(F)cc1. The van der Waals surface area contributed by atoms with E-state index in [0.29, 0.717) is 31.9 Å². The molecule has 1 fully saturated rings. The number of nitro benzene ring substituents is 1. The van der Waals surface area contributed by atoms with Gasteiger partial charge >= 0.3 is 0 Å². The molecule has 34 heavy (non-hydrogen) atoms. The van der Waals surface area contributed by atoms with Crippen LogP contribution in [0.4, 0.5) is 15.8 Å². The summed E-state index contributed by atoms with van der Waals surface area (Å²) >= 11 is 0. The molecule has 0 saturated carbocycles. The van der Waals surface area contributed by atoms with Crippen LogP contribution in [0.15, 0.2) is 53.6 Å². The van der Waals surface area contributed by atoms with E-state index in [4.69, 9.17) is 0 Å². The van der Waals surface area contributed by atoms with Gasteiger partial charge in [-0.15, -0.1) is 0 Å². The monoisotopic (exact) mass is 468 g/mol. The number of nitrogens with zero attached hydrogens (tertiary/aromatic N) is 5. The van der Waals surface area contributed by atoms with Gasteiger partial charge in [0.2, 0.25) is 11.8 Å². The number of hydrogen-bond acceptors (Lipinski definition) is 7. The Morgan fingerprint density at radius 3 is 2.44 bits per heavy atom. The van der Waals surface area contributed by atoms with Crippen LogP contribution < -0.4 is 10.9 Å². The van der Waals surface area contributed by atoms with Crippen molar-refractivity contribution in [1.29, 1.82) is 0 Å². The Bertz CT molecular complexity index is 1300. The van der Waals surface area contributed by atoms with Gasteiger partial charge in [0, 0.05) is 44.0 Å². The number of carbonyl (C=O) groups excluding carboxylic acids is 2. The van der Waals surface area contributed by atoms with Gasteiger partial charge in [0.25, 0.3) is 11.2 Å². The second-order valence-corrected chi connectivity index (χ2v) is 7.85. The van der Waals surface area contributed by atoms with Crippen LogP contribution in [-0.2, 0) is 16.1 Å². The molecule has 1 aliphatic rings. The summed E-state index contributed by atoms with van der Waals surface area (Å²) in [7, 11) is 0. The third kappa shape index (κ3) is 5.23. The number of halogens is 1. The predicted molar refractivity (Wildman–Crippen MR) is 121 cm³/mol. The molecule has 3 aromatic rings. The first kappa shape index (κ1) is 23.0. The Hall–Kier alpha value is -4.19. The summed E-state index contributed by atoms with van der Waals surface area (Å²) in [5, 5.41) is 13.8. The summed E-state index contributed by atoms with van der Waals surface area (Å²) < 4.78 is 14.2. The van der Waals surface area contributed by atoms with Gasteiger partial charge in [-0.1, -0.05) is 0 Å². The van der Waals surface area contributed by atoms with Crippen molar-refractivity contribution in [3.63, 3.8) is 0 Å². The fraction of sp³-hybridized carbons (Fsp3) is 0.273. The third-order valence-electron chi connectivity index (χ3n) is 5.55. The fourth-order valence-electron chi connectivity index (χ4n) is 3.71. The normalized spacial score (nSPS) is 14.2. The Kier molecular flexibility index (Phi) is 6.59. The van der Waals surface area contributed by atoms with Crippen molar-refractivity contribution in [3.8, 4) is 0 Å². The zero-order chi connectivity index (χ0) is 24.2. The van der Waals surface area contributed by atoms with Crippen LogP contribution in [0, 0.1) is 15.9 Å². The number of nitrogens with one attached hydrogen (secondary N) is 1. The lowest BCUT2D eigenvalue weighted by atomic mass is 10.2. The Labute approximate surface area is 192 Å². The summed E-state index contributed by atoms with van der Waals surface area (Å²) in [6, 6.07) is 9.26. The molecule has 4 rings (SSSR count). The lowest BCUT2D eigenvalue weighted by molar-refractivity contribution is -0.384. The van der Waals surface area contributed by atoms with Crippen LogP contribution in [0.2, 0.25) is 0 Å². The van der Waals surface area contributed by atoms with Crippen LogP contribution in [0.5, 0.6) is 0 Å². The molecule has 0 radical (unpaired) electrons. The van der Waals surface area contributed by atoms with E-state index in [2.05, 4.69) is 10.3 Å². The highest BCUT2D eigenvalue weighted by atomic mass is 19.1. The quantitative estimate of drug-likeness (QED) is 0.425. The van der Waals surface area contributed by atoms with Gasteiger partial charge < -0.3 is 10.2 Å². The van der Waals surface area contributed by atoms with Gasteiger partial charge in [-0.2, -0.15) is 0 Å². The van der Waals surface area contributed by atoms with Gasteiger partial charge in [-0.25, -0.2) is 9.37 Å². The number of piperazine rings is 1. The second-order valence-electron chi connectivity index (χ2n) is 7.85. The molecular formula is C22H21FN6O5. The summed E-state index contributed by atoms with van der Waals surface area (Å²) in [5.74, 6) is -0.884. The lowest BCUT2D eigenvalue weighted by Gasteiger charge is -2.34. The highest BCUT2D eigenvalue weighted by Crippen LogP contribution is 2.16. The first-order valence-corrected chi connectivity index (χ1v) is 10.5. The standard InChI is InChI=1S/C22H21FN6O5/c23-15-1-3-16(4-2-15)25-20(30)12-26-7-9-27(10-8-26)21(31)13-28-14-24-19-11-17(29(33)34)5-6-18(19)22(28)32/h1-6,11,14H,7-10,12-13H2,(H,25,30). The molecule has 0 spiro atoms. The molecule has 12 heteroatoms. The molecule has 1 saturated heterocycles. The van der Waals surface area contributed by atoms with E-state index in [0.717, 1.165) is 0 Å². The number of fused-ring (bicyclic) bond motifs is 1. The van der Waals surface area contributed by atoms with Crippen molar-refractivity contribution >= 4 is 34.1 Å². The average Bonchev–Trinajstić information content (AvgIpc) is 2.82. The maximum absolute atomic E-state index is 13.0. The van der Waals surface area contributed by atoms with Crippen LogP contribution in [0.3, 0.4) is 0 Å². The van der Waals surface area contributed by atoms with Crippen LogP contribution in [0.1, 0.15) is 0 Å². The molecule has 0 atom stereocenters. The first-order valence-electron chi connectivity index (χ1n) is 10.5. The van der Waals surface area contributed by atoms with Crippen molar-refractivity contribution in [2.45, 2.75) is 6.54 Å². The molecule has 2 amide bonds. The van der Waals surface area contributed by atoms with E-state index >= 15 is 0 Å². The average molecular weight is 468 g/mol. The number of rotatable bonds is 6. The number of nitro groups is 1. The molecule has 0 bridgehead atoms. The summed E-state index contributed by atoms with van der Waals surface area (Å²) in [6.07, 6.45) is 1.21. The van der Waals surface area contributed by atoms with Gasteiger partial charge in [-0.3, -0.25) is 34.0 Å². The van der Waals surface area contributed by atoms with Crippen molar-refractivity contribution < 1.29 is 18.9 Å². The molecule has 0 aliphatic carbocycles. The second kappa shape index (κ2) is 9.75. The molecule has 176 valence electrons. The molecule has 1 N–H and O–H groups in total. The van der Waals surface area contributed by atoms with Gasteiger partial charge in [0.15, 0.2) is 0 Å². The Balaban J connectivity index is 1.31. The van der Waals surface area contributed by atoms with Gasteiger partial charge in [0.05, 0.1) is 28.7 Å². The van der Waals surface area contributed by atoms with Crippen LogP contribution in [-0.4, -0.2) is 68.8 Å². The van der Waals surface area contributed by atoms with E-state index in [1.807, 2.05) is 4.90 Å². The number of hydrogen-bond donors (Lipinski definition) is 1. The molecule has 2 heterocycles. The molecule has 0 unspecified atom stereocenters. The Morgan fingerprint density at radius 2 is 1.76 bits per heavy atom. The zero-order valence-electron chi connectivity index (χ0n) is 18.0. The van der Waals surface area contributed by atoms with Gasteiger partial charge in [0.1, 0.15) is 12.4 Å². The molecular weight excluding hydrogens is 447 g/mol. The third-order valence-corrected chi connectivity index (χ3v) is 5.55. The molecule has 11 nitrogen and oxygen atoms in total. The number of anilines is 1. The van der Waals surface area contributed by atoms with Crippen molar-refractivity contribution in [2.24, 2.45) is 0 Å². The number of benzene rings is 2. The first-order chi connectivity index (χ1) is 16.3. The van der Waals surface area contributed by atoms with Crippen LogP contribution >= 0.6 is 0 Å². The fourth-order valence-corrected chi connectivity index (χ4v) is 3.71. The smallest absolute Gasteiger partial charge is 0.271 e. The van der Waals surface area contributed by atoms with Crippen molar-refractivity contribution in [1.82, 2.24) is 19.4 Å². The molecule has 1 aromatic heterocycles. The minimum atomic E-state index is -0.567. The van der Waals surface area contributed by atoms with E-state index < -0.39 is 10.5 Å². The van der Waals surface area contributed by atoms with E-state index in [-0.39, 0.29) is 47.3 Å². The van der Waals surface area contributed by atoms with Crippen molar-refractivity contribution in [3.05, 3.63) is 75.1 Å². The van der Waals surface area contributed by atoms with E-state index in [1.165, 1.54) is 53.4 Å². The minimum absolute atomic E-state index is 0.138. The topological polar surface area (TPSA) is 131 Å². The van der Waals surface area contributed by atoms with Gasteiger partial charge in [-0.05, 0) is 30.3 Å². The summed E-state index contributed by atoms with van der Waals surface area (Å²) in [6.45, 7) is 1.69. The zero-order valence-corrected chi connectivity index (χ0v) is 18.0. The Morgan fingerprint density at radius 1 is 1.06 bits per heavy atom. The lowest BCUT2D eigenvalue weighted by Crippen LogP contribution is -2.51. The summed E-state index contributed by atoms with van der Waals surface area (Å²) in [5.41, 5.74) is 0.0708. The minimum Gasteiger partial charge on any atom is -0.339 e. The maximum Gasteiger partial charge on any atom is 0.271 e. The van der Waals surface area contributed by atoms with E-state index in [1.54, 1.807) is 4.90 Å². The molecule has 1 aliphatic heterocycles. The summed E-state index contributed by atoms with van der Waals surface area (Å²) in [4.78, 5) is 55.5. The number of amides is 2. The van der Waals surface area contributed by atoms with E-state index in [9.17, 15) is 28.9 Å². The molecule has 2 aromatic carbocycles. The maximum atomic E-state index is 13.0. The van der Waals surface area contributed by atoms with Crippen LogP contribution in [0.25, 0.3) is 10.9 Å².